The van der Waals surface area contributed by atoms with Gasteiger partial charge in [-0.15, -0.1) is 11.8 Å². The van der Waals surface area contributed by atoms with Gasteiger partial charge in [-0.3, -0.25) is 19.5 Å². The summed E-state index contributed by atoms with van der Waals surface area (Å²) in [5, 5.41) is 12.4. The van der Waals surface area contributed by atoms with Crippen molar-refractivity contribution in [3.63, 3.8) is 0 Å². The highest BCUT2D eigenvalue weighted by molar-refractivity contribution is 7.99. The molecule has 10 nitrogen and oxygen atoms in total. The van der Waals surface area contributed by atoms with Crippen LogP contribution in [-0.2, 0) is 9.53 Å². The number of hydrogen-bond acceptors (Lipinski definition) is 11. The highest BCUT2D eigenvalue weighted by Crippen LogP contribution is 2.36. The number of thioether (sulfide) groups is 1. The number of hydrogen-bond donors (Lipinski definition) is 0. The van der Waals surface area contributed by atoms with Gasteiger partial charge in [0.15, 0.2) is 9.96 Å². The number of nitro groups is 1. The van der Waals surface area contributed by atoms with Gasteiger partial charge in [0.1, 0.15) is 0 Å². The molecule has 3 aromatic carbocycles. The number of carbonyl (C=O) groups is 1. The van der Waals surface area contributed by atoms with E-state index >= 15 is 0 Å². The first kappa shape index (κ1) is 31.1. The minimum absolute atomic E-state index is 0.137. The van der Waals surface area contributed by atoms with Gasteiger partial charge in [0.05, 0.1) is 38.3 Å². The van der Waals surface area contributed by atoms with Gasteiger partial charge in [0, 0.05) is 28.9 Å². The second-order valence-electron chi connectivity index (χ2n) is 9.82. The van der Waals surface area contributed by atoms with Crippen molar-refractivity contribution in [1.82, 2.24) is 14.5 Å². The van der Waals surface area contributed by atoms with Crippen molar-refractivity contribution in [3.8, 4) is 0 Å². The lowest BCUT2D eigenvalue weighted by Gasteiger charge is -2.26. The van der Waals surface area contributed by atoms with Crippen LogP contribution >= 0.6 is 34.9 Å². The third kappa shape index (κ3) is 6.29. The van der Waals surface area contributed by atoms with Crippen LogP contribution in [-0.4, -0.2) is 38.3 Å². The average Bonchev–Trinajstić information content (AvgIpc) is 3.39. The maximum atomic E-state index is 14.2. The topological polar surface area (TPSA) is 130 Å². The Morgan fingerprint density at radius 3 is 2.48 bits per heavy atom. The molecule has 3 heterocycles. The zero-order valence-electron chi connectivity index (χ0n) is 24.5. The normalized spacial score (nSPS) is 14.5. The maximum absolute atomic E-state index is 14.2. The van der Waals surface area contributed by atoms with Crippen molar-refractivity contribution >= 4 is 58.3 Å². The molecule has 1 aliphatic rings. The van der Waals surface area contributed by atoms with Gasteiger partial charge in [0.25, 0.3) is 11.2 Å². The lowest BCUT2D eigenvalue weighted by molar-refractivity contribution is -0.387. The molecule has 46 heavy (non-hydrogen) atoms. The molecule has 0 N–H and O–H groups in total. The second kappa shape index (κ2) is 13.6. The van der Waals surface area contributed by atoms with Gasteiger partial charge in [-0.05, 0) is 66.4 Å². The standard InChI is InChI=1S/C33H25N5O5S3/c1-3-43-31(40)27-28(21-8-5-4-6-9-21)36-33-37(29(27)22-11-13-23(44-2)14-12-22)30(39)26(46-33)19-20-10-15-25(24(18-20)38(41)42)45-32-34-16-7-17-35-32/h4-19,29H,3H2,1-2H3/b26-19+/t29-/m1/s1. The van der Waals surface area contributed by atoms with Crippen molar-refractivity contribution in [2.45, 2.75) is 27.9 Å². The summed E-state index contributed by atoms with van der Waals surface area (Å²) in [6.07, 6.45) is 6.71. The van der Waals surface area contributed by atoms with Crippen LogP contribution in [0.25, 0.3) is 11.8 Å². The van der Waals surface area contributed by atoms with Crippen molar-refractivity contribution in [3.05, 3.63) is 143 Å². The fourth-order valence-corrected chi connectivity index (χ4v) is 7.19. The molecule has 13 heteroatoms. The first-order chi connectivity index (χ1) is 22.4. The number of thiazole rings is 1. The van der Waals surface area contributed by atoms with E-state index in [1.165, 1.54) is 10.6 Å². The lowest BCUT2D eigenvalue weighted by atomic mass is 9.93. The molecule has 1 atom stereocenters. The number of nitro benzene ring substituents is 1. The highest BCUT2D eigenvalue weighted by atomic mass is 32.2. The van der Waals surface area contributed by atoms with E-state index in [4.69, 9.17) is 9.73 Å². The summed E-state index contributed by atoms with van der Waals surface area (Å²) >= 11 is 3.82. The van der Waals surface area contributed by atoms with Gasteiger partial charge in [-0.1, -0.05) is 59.9 Å². The number of rotatable bonds is 9. The Bertz CT molecular complexity index is 2150. The van der Waals surface area contributed by atoms with Gasteiger partial charge >= 0.3 is 5.97 Å². The Labute approximate surface area is 275 Å². The van der Waals surface area contributed by atoms with Gasteiger partial charge in [-0.25, -0.2) is 19.8 Å². The Balaban J connectivity index is 1.54. The molecular weight excluding hydrogens is 643 g/mol. The fraction of sp³-hybridized carbons (Fsp3) is 0.121. The SMILES string of the molecule is CCOC(=O)C1=C(c2ccccc2)N=c2s/c(=C/c3ccc(Sc4ncccn4)c([N+](=O)[O-])c3)c(=O)n2[C@@H]1c1ccc(SC)cc1. The van der Waals surface area contributed by atoms with Crippen LogP contribution in [0.4, 0.5) is 5.69 Å². The molecule has 1 aliphatic heterocycles. The van der Waals surface area contributed by atoms with E-state index in [0.29, 0.717) is 36.2 Å². The second-order valence-corrected chi connectivity index (χ2v) is 12.7. The average molecular weight is 668 g/mol. The van der Waals surface area contributed by atoms with Crippen LogP contribution in [0.1, 0.15) is 29.7 Å². The number of benzene rings is 3. The molecule has 2 aromatic heterocycles. The summed E-state index contributed by atoms with van der Waals surface area (Å²) in [5.41, 5.74) is 2.05. The predicted molar refractivity (Wildman–Crippen MR) is 179 cm³/mol. The van der Waals surface area contributed by atoms with Crippen LogP contribution in [0.15, 0.2) is 122 Å². The Morgan fingerprint density at radius 1 is 1.07 bits per heavy atom. The van der Waals surface area contributed by atoms with E-state index < -0.39 is 16.9 Å². The highest BCUT2D eigenvalue weighted by Gasteiger charge is 2.35. The number of esters is 1. The summed E-state index contributed by atoms with van der Waals surface area (Å²) in [7, 11) is 0. The summed E-state index contributed by atoms with van der Waals surface area (Å²) in [6, 6.07) is 22.6. The monoisotopic (exact) mass is 667 g/mol. The van der Waals surface area contributed by atoms with E-state index in [-0.39, 0.29) is 23.4 Å². The Kier molecular flexibility index (Phi) is 9.24. The third-order valence-corrected chi connectivity index (χ3v) is 9.71. The van der Waals surface area contributed by atoms with Crippen LogP contribution < -0.4 is 14.9 Å². The summed E-state index contributed by atoms with van der Waals surface area (Å²) < 4.78 is 7.34. The first-order valence-electron chi connectivity index (χ1n) is 14.0. The molecule has 0 unspecified atom stereocenters. The van der Waals surface area contributed by atoms with Crippen molar-refractivity contribution in [1.29, 1.82) is 0 Å². The van der Waals surface area contributed by atoms with Crippen molar-refractivity contribution in [2.24, 2.45) is 4.99 Å². The van der Waals surface area contributed by atoms with E-state index in [2.05, 4.69) is 9.97 Å². The quantitative estimate of drug-likeness (QED) is 0.0657. The smallest absolute Gasteiger partial charge is 0.338 e. The largest absolute Gasteiger partial charge is 0.463 e. The zero-order valence-corrected chi connectivity index (χ0v) is 27.0. The molecule has 5 aromatic rings. The zero-order chi connectivity index (χ0) is 32.2. The molecule has 0 spiro atoms. The minimum atomic E-state index is -0.817. The van der Waals surface area contributed by atoms with Gasteiger partial charge in [-0.2, -0.15) is 0 Å². The molecule has 6 rings (SSSR count). The molecular formula is C33H25N5O5S3. The molecule has 0 bridgehead atoms. The van der Waals surface area contributed by atoms with E-state index in [1.54, 1.807) is 55.4 Å². The molecule has 0 fully saturated rings. The maximum Gasteiger partial charge on any atom is 0.338 e. The number of ether oxygens (including phenoxy) is 1. The third-order valence-electron chi connectivity index (χ3n) is 7.03. The van der Waals surface area contributed by atoms with Gasteiger partial charge < -0.3 is 4.74 Å². The number of nitrogens with zero attached hydrogens (tertiary/aromatic N) is 5. The van der Waals surface area contributed by atoms with Crippen LogP contribution in [0.5, 0.6) is 0 Å². The molecule has 0 aliphatic carbocycles. The van der Waals surface area contributed by atoms with Crippen molar-refractivity contribution < 1.29 is 14.5 Å². The van der Waals surface area contributed by atoms with Crippen LogP contribution in [0.3, 0.4) is 0 Å². The van der Waals surface area contributed by atoms with Gasteiger partial charge in [0.2, 0.25) is 0 Å². The summed E-state index contributed by atoms with van der Waals surface area (Å²) in [6.45, 7) is 1.88. The van der Waals surface area contributed by atoms with Crippen molar-refractivity contribution in [2.75, 3.05) is 12.9 Å². The Hall–Kier alpha value is -4.85. The predicted octanol–water partition coefficient (Wildman–Crippen LogP) is 5.51. The number of carbonyl (C=O) groups excluding carboxylic acids is 1. The number of aromatic nitrogens is 3. The molecule has 0 saturated heterocycles. The molecule has 230 valence electrons. The van der Waals surface area contributed by atoms with E-state index in [0.717, 1.165) is 33.6 Å². The van der Waals surface area contributed by atoms with Crippen LogP contribution in [0, 0.1) is 10.1 Å². The molecule has 0 amide bonds. The molecule has 0 saturated carbocycles. The Morgan fingerprint density at radius 2 is 1.80 bits per heavy atom. The van der Waals surface area contributed by atoms with Crippen LogP contribution in [0.2, 0.25) is 0 Å². The first-order valence-corrected chi connectivity index (χ1v) is 16.9. The van der Waals surface area contributed by atoms with E-state index in [9.17, 15) is 19.7 Å². The lowest BCUT2D eigenvalue weighted by Crippen LogP contribution is -2.40. The van der Waals surface area contributed by atoms with E-state index in [1.807, 2.05) is 60.9 Å². The number of fused-ring (bicyclic) bond motifs is 1. The summed E-state index contributed by atoms with van der Waals surface area (Å²) in [5.74, 6) is -0.565. The minimum Gasteiger partial charge on any atom is -0.463 e. The fourth-order valence-electron chi connectivity index (χ4n) is 4.98. The summed E-state index contributed by atoms with van der Waals surface area (Å²) in [4.78, 5) is 54.3. The molecule has 0 radical (unpaired) electrons.